The Morgan fingerprint density at radius 3 is 2.86 bits per heavy atom. The van der Waals surface area contributed by atoms with Crippen LogP contribution in [0, 0.1) is 5.92 Å². The predicted octanol–water partition coefficient (Wildman–Crippen LogP) is 0.880. The first-order valence-electron chi connectivity index (χ1n) is 4.84. The quantitative estimate of drug-likeness (QED) is 0.668. The summed E-state index contributed by atoms with van der Waals surface area (Å²) in [4.78, 5) is 13.3. The van der Waals surface area contributed by atoms with E-state index in [1.165, 1.54) is 25.0 Å². The van der Waals surface area contributed by atoms with Crippen LogP contribution in [-0.4, -0.2) is 10.1 Å². The van der Waals surface area contributed by atoms with Crippen molar-refractivity contribution in [2.75, 3.05) is 0 Å². The summed E-state index contributed by atoms with van der Waals surface area (Å²) in [5, 5.41) is 9.18. The molecule has 0 unspecified atom stereocenters. The summed E-state index contributed by atoms with van der Waals surface area (Å²) in [5.74, 6) is 0.602. The highest BCUT2D eigenvalue weighted by Crippen LogP contribution is 2.36. The van der Waals surface area contributed by atoms with Crippen LogP contribution in [0.4, 0.5) is 0 Å². The summed E-state index contributed by atoms with van der Waals surface area (Å²) in [7, 11) is 0. The van der Waals surface area contributed by atoms with Crippen molar-refractivity contribution in [3.63, 3.8) is 0 Å². The van der Waals surface area contributed by atoms with Gasteiger partial charge in [-0.25, -0.2) is 0 Å². The van der Waals surface area contributed by atoms with Crippen molar-refractivity contribution < 1.29 is 5.11 Å². The number of rotatable bonds is 3. The number of nitrogens with two attached hydrogens (primary N) is 1. The van der Waals surface area contributed by atoms with E-state index in [2.05, 4.69) is 4.98 Å². The van der Waals surface area contributed by atoms with Gasteiger partial charge in [-0.15, -0.1) is 0 Å². The molecule has 76 valence electrons. The van der Waals surface area contributed by atoms with Crippen molar-refractivity contribution in [1.82, 2.24) is 4.98 Å². The third kappa shape index (κ3) is 2.14. The lowest BCUT2D eigenvalue weighted by Crippen LogP contribution is -2.15. The van der Waals surface area contributed by atoms with E-state index in [0.717, 1.165) is 12.0 Å². The van der Waals surface area contributed by atoms with Gasteiger partial charge in [-0.3, -0.25) is 9.78 Å². The minimum atomic E-state index is -0.300. The van der Waals surface area contributed by atoms with Crippen molar-refractivity contribution in [1.29, 1.82) is 0 Å². The van der Waals surface area contributed by atoms with Crippen LogP contribution >= 0.6 is 0 Å². The van der Waals surface area contributed by atoms with E-state index in [4.69, 9.17) is 5.73 Å². The Labute approximate surface area is 81.8 Å². The lowest BCUT2D eigenvalue weighted by atomic mass is 10.0. The zero-order valence-electron chi connectivity index (χ0n) is 7.86. The second-order valence-corrected chi connectivity index (χ2v) is 3.95. The normalized spacial score (nSPS) is 18.1. The first-order valence-corrected chi connectivity index (χ1v) is 4.84. The lowest BCUT2D eigenvalue weighted by molar-refractivity contribution is 0.449. The van der Waals surface area contributed by atoms with Crippen LogP contribution in [0.2, 0.25) is 0 Å². The molecule has 1 fully saturated rings. The maximum absolute atomic E-state index is 11.0. The standard InChI is InChI=1S/C10H14N2O2/c11-8(3-6-1-2-6)7-4-9(13)12-10(14)5-7/h4-6,8H,1-3,11H2,(H2,12,13,14)/t8-/m0/s1. The third-order valence-corrected chi connectivity index (χ3v) is 2.56. The molecular weight excluding hydrogens is 180 g/mol. The number of H-pyrrole nitrogens is 1. The Hall–Kier alpha value is -1.29. The van der Waals surface area contributed by atoms with Gasteiger partial charge in [0.1, 0.15) is 0 Å². The van der Waals surface area contributed by atoms with Gasteiger partial charge in [0.25, 0.3) is 5.56 Å². The minimum Gasteiger partial charge on any atom is -0.495 e. The fraction of sp³-hybridized carbons (Fsp3) is 0.500. The van der Waals surface area contributed by atoms with Crippen LogP contribution in [0.3, 0.4) is 0 Å². The first-order chi connectivity index (χ1) is 6.65. The molecule has 4 nitrogen and oxygen atoms in total. The molecule has 0 radical (unpaired) electrons. The fourth-order valence-corrected chi connectivity index (χ4v) is 1.61. The largest absolute Gasteiger partial charge is 0.495 e. The van der Waals surface area contributed by atoms with Gasteiger partial charge in [0.2, 0.25) is 0 Å². The first kappa shape index (κ1) is 9.27. The van der Waals surface area contributed by atoms with Crippen molar-refractivity contribution in [2.45, 2.75) is 25.3 Å². The molecule has 1 aliphatic rings. The Balaban J connectivity index is 2.16. The highest BCUT2D eigenvalue weighted by molar-refractivity contribution is 5.22. The van der Waals surface area contributed by atoms with Crippen LogP contribution < -0.4 is 11.3 Å². The van der Waals surface area contributed by atoms with E-state index in [1.807, 2.05) is 0 Å². The van der Waals surface area contributed by atoms with Crippen LogP contribution in [-0.2, 0) is 0 Å². The van der Waals surface area contributed by atoms with Gasteiger partial charge in [0, 0.05) is 18.2 Å². The molecule has 1 aliphatic carbocycles. The second kappa shape index (κ2) is 3.46. The maximum Gasteiger partial charge on any atom is 0.250 e. The molecular formula is C10H14N2O2. The Morgan fingerprint density at radius 1 is 1.57 bits per heavy atom. The van der Waals surface area contributed by atoms with Gasteiger partial charge in [-0.2, -0.15) is 0 Å². The van der Waals surface area contributed by atoms with Crippen molar-refractivity contribution in [3.8, 4) is 5.88 Å². The molecule has 0 saturated heterocycles. The molecule has 1 heterocycles. The van der Waals surface area contributed by atoms with Gasteiger partial charge in [-0.05, 0) is 17.9 Å². The number of aromatic amines is 1. The molecule has 1 aromatic heterocycles. The van der Waals surface area contributed by atoms with Crippen molar-refractivity contribution in [2.24, 2.45) is 11.7 Å². The Morgan fingerprint density at radius 2 is 2.29 bits per heavy atom. The summed E-state index contributed by atoms with van der Waals surface area (Å²) in [6.45, 7) is 0. The van der Waals surface area contributed by atoms with Gasteiger partial charge < -0.3 is 10.8 Å². The van der Waals surface area contributed by atoms with Crippen LogP contribution in [0.25, 0.3) is 0 Å². The monoisotopic (exact) mass is 194 g/mol. The van der Waals surface area contributed by atoms with E-state index >= 15 is 0 Å². The SMILES string of the molecule is N[C@@H](CC1CC1)c1cc(O)[nH]c(=O)c1. The fourth-order valence-electron chi connectivity index (χ4n) is 1.61. The lowest BCUT2D eigenvalue weighted by Gasteiger charge is -2.10. The number of hydrogen-bond donors (Lipinski definition) is 3. The molecule has 4 heteroatoms. The molecule has 0 aromatic carbocycles. The van der Waals surface area contributed by atoms with Crippen LogP contribution in [0.5, 0.6) is 5.88 Å². The molecule has 14 heavy (non-hydrogen) atoms. The van der Waals surface area contributed by atoms with E-state index in [9.17, 15) is 9.90 Å². The van der Waals surface area contributed by atoms with Gasteiger partial charge in [0.15, 0.2) is 5.88 Å². The number of aromatic hydroxyl groups is 1. The van der Waals surface area contributed by atoms with Crippen molar-refractivity contribution in [3.05, 3.63) is 28.0 Å². The Bertz CT molecular complexity index is 382. The summed E-state index contributed by atoms with van der Waals surface area (Å²) in [6, 6.07) is 2.84. The number of aromatic nitrogens is 1. The van der Waals surface area contributed by atoms with Gasteiger partial charge in [0.05, 0.1) is 0 Å². The minimum absolute atomic E-state index is 0.112. The van der Waals surface area contributed by atoms with Gasteiger partial charge in [-0.1, -0.05) is 12.8 Å². The zero-order valence-corrected chi connectivity index (χ0v) is 7.86. The summed E-state index contributed by atoms with van der Waals surface area (Å²) in [6.07, 6.45) is 3.38. The van der Waals surface area contributed by atoms with E-state index < -0.39 is 0 Å². The predicted molar refractivity (Wildman–Crippen MR) is 53.0 cm³/mol. The highest BCUT2D eigenvalue weighted by atomic mass is 16.3. The average Bonchev–Trinajstić information content (AvgIpc) is 2.86. The molecule has 1 aromatic rings. The van der Waals surface area contributed by atoms with E-state index in [1.54, 1.807) is 0 Å². The molecule has 0 aliphatic heterocycles. The van der Waals surface area contributed by atoms with E-state index in [-0.39, 0.29) is 17.5 Å². The molecule has 4 N–H and O–H groups in total. The highest BCUT2D eigenvalue weighted by Gasteiger charge is 2.24. The smallest absolute Gasteiger partial charge is 0.250 e. The number of pyridine rings is 1. The average molecular weight is 194 g/mol. The topological polar surface area (TPSA) is 79.1 Å². The summed E-state index contributed by atoms with van der Waals surface area (Å²) in [5.41, 5.74) is 6.33. The Kier molecular flexibility index (Phi) is 2.29. The maximum atomic E-state index is 11.0. The van der Waals surface area contributed by atoms with Crippen LogP contribution in [0.15, 0.2) is 16.9 Å². The van der Waals surface area contributed by atoms with Crippen LogP contribution in [0.1, 0.15) is 30.9 Å². The summed E-state index contributed by atoms with van der Waals surface area (Å²) >= 11 is 0. The van der Waals surface area contributed by atoms with Crippen molar-refractivity contribution >= 4 is 0 Å². The molecule has 1 atom stereocenters. The molecule has 0 bridgehead atoms. The third-order valence-electron chi connectivity index (χ3n) is 2.56. The molecule has 0 spiro atoms. The zero-order chi connectivity index (χ0) is 10.1. The second-order valence-electron chi connectivity index (χ2n) is 3.95. The molecule has 1 saturated carbocycles. The molecule has 2 rings (SSSR count). The van der Waals surface area contributed by atoms with E-state index in [0.29, 0.717) is 5.92 Å². The summed E-state index contributed by atoms with van der Waals surface area (Å²) < 4.78 is 0. The van der Waals surface area contributed by atoms with Gasteiger partial charge >= 0.3 is 0 Å². The molecule has 0 amide bonds. The number of hydrogen-bond acceptors (Lipinski definition) is 3. The number of nitrogens with one attached hydrogen (secondary N) is 1.